The minimum absolute atomic E-state index is 0.0731. The van der Waals surface area contributed by atoms with Crippen LogP contribution in [-0.2, 0) is 4.79 Å². The molecule has 3 nitrogen and oxygen atoms in total. The number of nitrogens with zero attached hydrogens (tertiary/aromatic N) is 1. The predicted molar refractivity (Wildman–Crippen MR) is 95.3 cm³/mol. The first-order valence-electron chi connectivity index (χ1n) is 9.31. The second-order valence-electron chi connectivity index (χ2n) is 9.34. The van der Waals surface area contributed by atoms with Gasteiger partial charge in [-0.3, -0.25) is 4.79 Å². The normalized spacial score (nSPS) is 27.4. The van der Waals surface area contributed by atoms with Crippen LogP contribution in [0.3, 0.4) is 0 Å². The Bertz CT molecular complexity index is 480. The van der Waals surface area contributed by atoms with Crippen molar-refractivity contribution >= 4 is 5.91 Å². The van der Waals surface area contributed by atoms with Gasteiger partial charge in [0.2, 0.25) is 0 Å². The molecule has 1 amide bonds. The molecule has 0 saturated heterocycles. The Morgan fingerprint density at radius 2 is 1.83 bits per heavy atom. The Labute approximate surface area is 142 Å². The Kier molecular flexibility index (Phi) is 5.18. The zero-order valence-electron chi connectivity index (χ0n) is 15.9. The number of hydrogen-bond acceptors (Lipinski definition) is 2. The van der Waals surface area contributed by atoms with Crippen molar-refractivity contribution in [2.75, 3.05) is 6.54 Å². The van der Waals surface area contributed by atoms with Crippen LogP contribution >= 0.6 is 0 Å². The molecular formula is C20H35NO2. The van der Waals surface area contributed by atoms with Gasteiger partial charge in [-0.1, -0.05) is 54.4 Å². The van der Waals surface area contributed by atoms with Crippen molar-refractivity contribution in [1.82, 2.24) is 4.90 Å². The van der Waals surface area contributed by atoms with Gasteiger partial charge in [0, 0.05) is 18.0 Å². The molecule has 23 heavy (non-hydrogen) atoms. The van der Waals surface area contributed by atoms with E-state index in [-0.39, 0.29) is 16.7 Å². The first-order chi connectivity index (χ1) is 10.6. The van der Waals surface area contributed by atoms with E-state index in [0.29, 0.717) is 29.8 Å². The predicted octanol–water partition coefficient (Wildman–Crippen LogP) is 5.07. The molecule has 0 spiro atoms. The highest BCUT2D eigenvalue weighted by atomic mass is 16.3. The minimum Gasteiger partial charge on any atom is -0.511 e. The standard InChI is InChI=1S/C20H35NO2/c1-14(2)11-12-20(6)13-21(15-9-7-8-10-15)18(23)16(17(20)22)19(3,4)5/h14-15,22H,7-13H2,1-6H3. The quantitative estimate of drug-likeness (QED) is 0.785. The van der Waals surface area contributed by atoms with Gasteiger partial charge < -0.3 is 10.0 Å². The van der Waals surface area contributed by atoms with E-state index in [1.807, 2.05) is 20.8 Å². The molecule has 1 aliphatic carbocycles. The smallest absolute Gasteiger partial charge is 0.254 e. The molecule has 1 fully saturated rings. The van der Waals surface area contributed by atoms with Crippen molar-refractivity contribution in [2.45, 2.75) is 86.1 Å². The summed E-state index contributed by atoms with van der Waals surface area (Å²) in [5.74, 6) is 1.03. The van der Waals surface area contributed by atoms with Crippen molar-refractivity contribution in [2.24, 2.45) is 16.7 Å². The minimum atomic E-state index is -0.322. The molecule has 2 rings (SSSR count). The summed E-state index contributed by atoms with van der Waals surface area (Å²) in [6, 6.07) is 0.367. The summed E-state index contributed by atoms with van der Waals surface area (Å²) in [5.41, 5.74) is 0.0166. The van der Waals surface area contributed by atoms with E-state index in [2.05, 4.69) is 25.7 Å². The van der Waals surface area contributed by atoms with Gasteiger partial charge >= 0.3 is 0 Å². The average molecular weight is 322 g/mol. The molecule has 2 aliphatic rings. The molecule has 1 saturated carbocycles. The summed E-state index contributed by atoms with van der Waals surface area (Å²) in [6.45, 7) is 13.4. The van der Waals surface area contributed by atoms with E-state index in [4.69, 9.17) is 0 Å². The van der Waals surface area contributed by atoms with Gasteiger partial charge in [-0.05, 0) is 37.0 Å². The SMILES string of the molecule is CC(C)CCC1(C)CN(C2CCCC2)C(=O)C(C(C)(C)C)=C1O. The average Bonchev–Trinajstić information content (AvgIpc) is 2.93. The van der Waals surface area contributed by atoms with Crippen molar-refractivity contribution in [3.05, 3.63) is 11.3 Å². The lowest BCUT2D eigenvalue weighted by Crippen LogP contribution is -2.52. The van der Waals surface area contributed by atoms with Crippen LogP contribution in [0.15, 0.2) is 11.3 Å². The number of carbonyl (C=O) groups excluding carboxylic acids is 1. The molecule has 0 aromatic heterocycles. The molecule has 132 valence electrons. The van der Waals surface area contributed by atoms with Crippen LogP contribution in [0.1, 0.15) is 80.1 Å². The number of amides is 1. The molecule has 3 heteroatoms. The fraction of sp³-hybridized carbons (Fsp3) is 0.850. The number of hydrogen-bond donors (Lipinski definition) is 1. The number of aliphatic hydroxyl groups excluding tert-OH is 1. The molecule has 1 atom stereocenters. The maximum absolute atomic E-state index is 13.1. The Hall–Kier alpha value is -0.990. The van der Waals surface area contributed by atoms with Crippen LogP contribution in [-0.4, -0.2) is 28.5 Å². The highest BCUT2D eigenvalue weighted by Gasteiger charge is 2.47. The van der Waals surface area contributed by atoms with Crippen molar-refractivity contribution in [3.63, 3.8) is 0 Å². The van der Waals surface area contributed by atoms with E-state index in [1.165, 1.54) is 12.8 Å². The van der Waals surface area contributed by atoms with Crippen molar-refractivity contribution in [3.8, 4) is 0 Å². The maximum Gasteiger partial charge on any atom is 0.254 e. The van der Waals surface area contributed by atoms with Crippen molar-refractivity contribution in [1.29, 1.82) is 0 Å². The molecule has 0 radical (unpaired) electrons. The van der Waals surface area contributed by atoms with Gasteiger partial charge in [-0.25, -0.2) is 0 Å². The molecule has 1 aliphatic heterocycles. The third-order valence-corrected chi connectivity index (χ3v) is 5.59. The van der Waals surface area contributed by atoms with Gasteiger partial charge in [0.15, 0.2) is 0 Å². The summed E-state index contributed by atoms with van der Waals surface area (Å²) in [6.07, 6.45) is 6.68. The second kappa shape index (κ2) is 6.49. The summed E-state index contributed by atoms with van der Waals surface area (Å²) in [4.78, 5) is 15.2. The monoisotopic (exact) mass is 321 g/mol. The summed E-state index contributed by atoms with van der Waals surface area (Å²) in [7, 11) is 0. The zero-order valence-corrected chi connectivity index (χ0v) is 15.9. The molecule has 1 N–H and O–H groups in total. The summed E-state index contributed by atoms with van der Waals surface area (Å²) >= 11 is 0. The van der Waals surface area contributed by atoms with Gasteiger partial charge in [-0.15, -0.1) is 0 Å². The Morgan fingerprint density at radius 3 is 2.30 bits per heavy atom. The number of rotatable bonds is 4. The lowest BCUT2D eigenvalue weighted by atomic mass is 9.71. The van der Waals surface area contributed by atoms with Crippen LogP contribution in [0, 0.1) is 16.7 Å². The van der Waals surface area contributed by atoms with Gasteiger partial charge in [0.1, 0.15) is 5.76 Å². The van der Waals surface area contributed by atoms with Gasteiger partial charge in [0.05, 0.1) is 5.57 Å². The third kappa shape index (κ3) is 3.75. The molecular weight excluding hydrogens is 286 g/mol. The lowest BCUT2D eigenvalue weighted by Gasteiger charge is -2.46. The summed E-state index contributed by atoms with van der Waals surface area (Å²) in [5, 5.41) is 11.0. The van der Waals surface area contributed by atoms with Crippen LogP contribution < -0.4 is 0 Å². The Balaban J connectivity index is 2.40. The van der Waals surface area contributed by atoms with Crippen LogP contribution in [0.25, 0.3) is 0 Å². The highest BCUT2D eigenvalue weighted by molar-refractivity contribution is 5.96. The number of carbonyl (C=O) groups is 1. The van der Waals surface area contributed by atoms with E-state index in [9.17, 15) is 9.90 Å². The maximum atomic E-state index is 13.1. The number of aliphatic hydroxyl groups is 1. The largest absolute Gasteiger partial charge is 0.511 e. The molecule has 0 aromatic rings. The van der Waals surface area contributed by atoms with Crippen LogP contribution in [0.5, 0.6) is 0 Å². The summed E-state index contributed by atoms with van der Waals surface area (Å²) < 4.78 is 0. The van der Waals surface area contributed by atoms with Crippen LogP contribution in [0.4, 0.5) is 0 Å². The fourth-order valence-electron chi connectivity index (χ4n) is 4.06. The topological polar surface area (TPSA) is 40.5 Å². The first kappa shape index (κ1) is 18.4. The Morgan fingerprint density at radius 1 is 1.26 bits per heavy atom. The second-order valence-corrected chi connectivity index (χ2v) is 9.34. The molecule has 1 heterocycles. The van der Waals surface area contributed by atoms with E-state index >= 15 is 0 Å². The van der Waals surface area contributed by atoms with Gasteiger partial charge in [0.25, 0.3) is 5.91 Å². The third-order valence-electron chi connectivity index (χ3n) is 5.59. The highest BCUT2D eigenvalue weighted by Crippen LogP contribution is 2.45. The first-order valence-corrected chi connectivity index (χ1v) is 9.31. The zero-order chi connectivity index (χ0) is 17.4. The van der Waals surface area contributed by atoms with E-state index < -0.39 is 0 Å². The van der Waals surface area contributed by atoms with Crippen LogP contribution in [0.2, 0.25) is 0 Å². The van der Waals surface area contributed by atoms with Crippen molar-refractivity contribution < 1.29 is 9.90 Å². The molecule has 0 bridgehead atoms. The molecule has 1 unspecified atom stereocenters. The van der Waals surface area contributed by atoms with E-state index in [0.717, 1.165) is 25.7 Å². The van der Waals surface area contributed by atoms with Gasteiger partial charge in [-0.2, -0.15) is 0 Å². The molecule has 0 aromatic carbocycles. The fourth-order valence-corrected chi connectivity index (χ4v) is 4.06. The van der Waals surface area contributed by atoms with E-state index in [1.54, 1.807) is 0 Å². The lowest BCUT2D eigenvalue weighted by molar-refractivity contribution is -0.134.